The van der Waals surface area contributed by atoms with Gasteiger partial charge in [0, 0.05) is 17.3 Å². The number of rotatable bonds is 4. The number of carbonyl (C=O) groups is 3. The number of aryl methyl sites for hydroxylation is 1. The van der Waals surface area contributed by atoms with Gasteiger partial charge in [-0.15, -0.1) is 0 Å². The number of urea groups is 1. The van der Waals surface area contributed by atoms with E-state index in [1.165, 1.54) is 24.3 Å². The Morgan fingerprint density at radius 1 is 1.26 bits per heavy atom. The zero-order chi connectivity index (χ0) is 25.2. The quantitative estimate of drug-likeness (QED) is 0.298. The van der Waals surface area contributed by atoms with Crippen LogP contribution < -0.4 is 10.2 Å². The lowest BCUT2D eigenvalue weighted by atomic mass is 10.1. The number of nitrogens with one attached hydrogen (secondary N) is 1. The molecule has 5 rings (SSSR count). The van der Waals surface area contributed by atoms with Crippen molar-refractivity contribution < 1.29 is 23.8 Å². The molecule has 3 aliphatic rings. The van der Waals surface area contributed by atoms with Crippen LogP contribution in [0, 0.1) is 35.3 Å². The summed E-state index contributed by atoms with van der Waals surface area (Å²) in [5, 5.41) is 23.4. The first-order chi connectivity index (χ1) is 16.6. The first-order valence-electron chi connectivity index (χ1n) is 10.8. The SMILES string of the molecule is Cc1ccc(NC(=O)C2CN3CC4C(=O)N(c5ccc(C#N)c(Cl)c5C)C(=O)[N+]24C3)cc1[N+](=O)[O-]. The van der Waals surface area contributed by atoms with Crippen LogP contribution in [0.25, 0.3) is 0 Å². The predicted octanol–water partition coefficient (Wildman–Crippen LogP) is 2.68. The second-order valence-corrected chi connectivity index (χ2v) is 9.40. The number of anilines is 2. The number of benzene rings is 2. The molecule has 0 aliphatic carbocycles. The van der Waals surface area contributed by atoms with E-state index in [-0.39, 0.29) is 45.3 Å². The van der Waals surface area contributed by atoms with Crippen molar-refractivity contribution >= 4 is 46.5 Å². The molecule has 178 valence electrons. The molecule has 4 unspecified atom stereocenters. The number of nitro benzene ring substituents is 1. The second kappa shape index (κ2) is 7.84. The van der Waals surface area contributed by atoms with E-state index in [9.17, 15) is 29.8 Å². The minimum Gasteiger partial charge on any atom is -0.321 e. The van der Waals surface area contributed by atoms with E-state index in [4.69, 9.17) is 11.6 Å². The maximum atomic E-state index is 13.8. The molecule has 3 saturated heterocycles. The third kappa shape index (κ3) is 3.15. The van der Waals surface area contributed by atoms with E-state index in [0.717, 1.165) is 4.90 Å². The molecular weight excluding hydrogens is 476 g/mol. The molecule has 0 radical (unpaired) electrons. The molecule has 1 spiro atoms. The van der Waals surface area contributed by atoms with Gasteiger partial charge in [0.2, 0.25) is 0 Å². The van der Waals surface area contributed by atoms with Crippen molar-refractivity contribution in [3.8, 4) is 6.07 Å². The van der Waals surface area contributed by atoms with Crippen molar-refractivity contribution in [2.24, 2.45) is 0 Å². The van der Waals surface area contributed by atoms with Gasteiger partial charge in [-0.3, -0.25) is 19.7 Å². The Morgan fingerprint density at radius 2 is 2.00 bits per heavy atom. The summed E-state index contributed by atoms with van der Waals surface area (Å²) in [5.74, 6) is -0.919. The fraction of sp³-hybridized carbons (Fsp3) is 0.304. The normalized spacial score (nSPS) is 26.6. The van der Waals surface area contributed by atoms with E-state index < -0.39 is 34.9 Å². The Labute approximate surface area is 204 Å². The standard InChI is InChI=1S/C23H19ClN6O5/c1-12-3-5-15(7-17(12)29(34)35)26-21(31)18-9-27-10-19-22(32)28(23(33)30(18,19)11-27)16-6-4-14(8-25)20(24)13(16)2/h3-7,18-19H,9-11H2,1-2H3/p+1. The summed E-state index contributed by atoms with van der Waals surface area (Å²) >= 11 is 6.29. The lowest BCUT2D eigenvalue weighted by molar-refractivity contribution is -0.852. The maximum absolute atomic E-state index is 13.8. The Morgan fingerprint density at radius 3 is 2.69 bits per heavy atom. The minimum atomic E-state index is -0.871. The summed E-state index contributed by atoms with van der Waals surface area (Å²) in [6, 6.07) is 7.17. The predicted molar refractivity (Wildman–Crippen MR) is 125 cm³/mol. The lowest BCUT2D eigenvalue weighted by Crippen LogP contribution is -2.63. The molecule has 2 aromatic rings. The number of quaternary nitrogens is 1. The zero-order valence-corrected chi connectivity index (χ0v) is 19.6. The Bertz CT molecular complexity index is 1390. The number of nitro groups is 1. The molecule has 4 atom stereocenters. The van der Waals surface area contributed by atoms with Crippen LogP contribution in [0.15, 0.2) is 30.3 Å². The number of nitrogens with zero attached hydrogens (tertiary/aromatic N) is 5. The van der Waals surface area contributed by atoms with Crippen molar-refractivity contribution in [3.63, 3.8) is 0 Å². The van der Waals surface area contributed by atoms with Crippen LogP contribution in [0.1, 0.15) is 16.7 Å². The first kappa shape index (κ1) is 22.9. The van der Waals surface area contributed by atoms with Gasteiger partial charge in [-0.2, -0.15) is 10.2 Å². The summed E-state index contributed by atoms with van der Waals surface area (Å²) in [4.78, 5) is 54.3. The molecule has 0 saturated carbocycles. The van der Waals surface area contributed by atoms with Gasteiger partial charge in [-0.25, -0.2) is 14.2 Å². The summed E-state index contributed by atoms with van der Waals surface area (Å²) < 4.78 is -0.365. The van der Waals surface area contributed by atoms with Crippen LogP contribution in [0.5, 0.6) is 0 Å². The fourth-order valence-corrected chi connectivity index (χ4v) is 5.58. The first-order valence-corrected chi connectivity index (χ1v) is 11.2. The van der Waals surface area contributed by atoms with E-state index >= 15 is 0 Å². The minimum absolute atomic E-state index is 0.128. The van der Waals surface area contributed by atoms with Crippen molar-refractivity contribution in [2.75, 3.05) is 30.0 Å². The molecular formula is C23H20ClN6O5+. The Hall–Kier alpha value is -3.85. The van der Waals surface area contributed by atoms with Gasteiger partial charge < -0.3 is 5.32 Å². The smallest absolute Gasteiger partial charge is 0.321 e. The third-order valence-corrected chi connectivity index (χ3v) is 7.64. The van der Waals surface area contributed by atoms with Crippen LogP contribution in [0.4, 0.5) is 21.9 Å². The molecule has 11 nitrogen and oxygen atoms in total. The molecule has 3 aliphatic heterocycles. The number of fused-ring (bicyclic) bond motifs is 1. The van der Waals surface area contributed by atoms with Gasteiger partial charge in [0.15, 0.2) is 12.1 Å². The van der Waals surface area contributed by atoms with Crippen molar-refractivity contribution in [1.29, 1.82) is 5.26 Å². The van der Waals surface area contributed by atoms with E-state index in [1.54, 1.807) is 19.9 Å². The second-order valence-electron chi connectivity index (χ2n) is 9.03. The Balaban J connectivity index is 1.49. The summed E-state index contributed by atoms with van der Waals surface area (Å²) in [6.45, 7) is 4.05. The highest BCUT2D eigenvalue weighted by atomic mass is 35.5. The van der Waals surface area contributed by atoms with Crippen LogP contribution in [0.3, 0.4) is 0 Å². The van der Waals surface area contributed by atoms with Gasteiger partial charge in [0.1, 0.15) is 12.7 Å². The molecule has 12 heteroatoms. The number of carbonyl (C=O) groups excluding carboxylic acids is 3. The lowest BCUT2D eigenvalue weighted by Gasteiger charge is -2.32. The number of hydrogen-bond acceptors (Lipinski definition) is 7. The molecule has 1 N–H and O–H groups in total. The highest BCUT2D eigenvalue weighted by molar-refractivity contribution is 6.33. The van der Waals surface area contributed by atoms with Gasteiger partial charge in [-0.1, -0.05) is 17.7 Å². The molecule has 35 heavy (non-hydrogen) atoms. The van der Waals surface area contributed by atoms with Crippen LogP contribution in [0.2, 0.25) is 5.02 Å². The van der Waals surface area contributed by atoms with Crippen LogP contribution >= 0.6 is 11.6 Å². The number of piperazine rings is 1. The Kier molecular flexibility index (Phi) is 5.14. The summed E-state index contributed by atoms with van der Waals surface area (Å²) in [6.07, 6.45) is 0. The largest absolute Gasteiger partial charge is 0.433 e. The van der Waals surface area contributed by atoms with E-state index in [0.29, 0.717) is 17.7 Å². The van der Waals surface area contributed by atoms with Crippen LogP contribution in [-0.4, -0.2) is 64.0 Å². The highest BCUT2D eigenvalue weighted by Crippen LogP contribution is 2.45. The summed E-state index contributed by atoms with van der Waals surface area (Å²) in [5.41, 5.74) is 1.52. The molecule has 2 aromatic carbocycles. The molecule has 3 heterocycles. The maximum Gasteiger partial charge on any atom is 0.433 e. The van der Waals surface area contributed by atoms with Crippen molar-refractivity contribution in [1.82, 2.24) is 4.90 Å². The fourth-order valence-electron chi connectivity index (χ4n) is 5.37. The van der Waals surface area contributed by atoms with E-state index in [2.05, 4.69) is 5.32 Å². The third-order valence-electron chi connectivity index (χ3n) is 7.16. The molecule has 3 fully saturated rings. The number of halogens is 1. The summed E-state index contributed by atoms with van der Waals surface area (Å²) in [7, 11) is 0. The van der Waals surface area contributed by atoms with Gasteiger partial charge in [-0.05, 0) is 37.6 Å². The van der Waals surface area contributed by atoms with Crippen LogP contribution in [-0.2, 0) is 9.59 Å². The van der Waals surface area contributed by atoms with E-state index in [1.807, 2.05) is 11.0 Å². The average molecular weight is 496 g/mol. The topological polar surface area (TPSA) is 137 Å². The van der Waals surface area contributed by atoms with Gasteiger partial charge in [0.25, 0.3) is 17.5 Å². The van der Waals surface area contributed by atoms with Gasteiger partial charge >= 0.3 is 6.03 Å². The highest BCUT2D eigenvalue weighted by Gasteiger charge is 2.73. The molecule has 2 bridgehead atoms. The zero-order valence-electron chi connectivity index (χ0n) is 18.8. The molecule has 0 aromatic heterocycles. The monoisotopic (exact) mass is 495 g/mol. The number of hydrogen-bond donors (Lipinski definition) is 1. The van der Waals surface area contributed by atoms with Crippen molar-refractivity contribution in [2.45, 2.75) is 25.9 Å². The number of nitriles is 1. The molecule has 4 amide bonds. The number of amides is 4. The average Bonchev–Trinajstić information content (AvgIpc) is 3.45. The van der Waals surface area contributed by atoms with Crippen molar-refractivity contribution in [3.05, 3.63) is 62.2 Å². The van der Waals surface area contributed by atoms with Gasteiger partial charge in [0.05, 0.1) is 34.3 Å². The number of imide groups is 1.